The molecule has 31 heavy (non-hydrogen) atoms. The molecule has 0 radical (unpaired) electrons. The number of aromatic hydroxyl groups is 1. The lowest BCUT2D eigenvalue weighted by atomic mass is 9.73. The Labute approximate surface area is 181 Å². The maximum absolute atomic E-state index is 10.2. The fraction of sp³-hybridized carbons (Fsp3) is 0.179. The molecule has 5 aromatic rings. The summed E-state index contributed by atoms with van der Waals surface area (Å²) in [6.45, 7) is 0. The van der Waals surface area contributed by atoms with Crippen molar-refractivity contribution in [2.75, 3.05) is 0 Å². The van der Waals surface area contributed by atoms with E-state index in [0.29, 0.717) is 0 Å². The summed E-state index contributed by atoms with van der Waals surface area (Å²) in [6.07, 6.45) is 6.76. The average molecular weight is 405 g/mol. The average Bonchev–Trinajstić information content (AvgIpc) is 3.43. The first-order valence-electron chi connectivity index (χ1n) is 11.0. The van der Waals surface area contributed by atoms with Crippen LogP contribution >= 0.6 is 0 Å². The van der Waals surface area contributed by atoms with Gasteiger partial charge in [0, 0.05) is 28.5 Å². The molecule has 1 saturated carbocycles. The van der Waals surface area contributed by atoms with Crippen LogP contribution in [-0.4, -0.2) is 14.7 Å². The van der Waals surface area contributed by atoms with Crippen LogP contribution in [0.25, 0.3) is 27.6 Å². The van der Waals surface area contributed by atoms with Gasteiger partial charge in [-0.05, 0) is 54.3 Å². The van der Waals surface area contributed by atoms with Crippen molar-refractivity contribution in [3.05, 3.63) is 102 Å². The van der Waals surface area contributed by atoms with E-state index in [9.17, 15) is 5.11 Å². The minimum atomic E-state index is 0.0415. The second-order valence-corrected chi connectivity index (χ2v) is 8.61. The van der Waals surface area contributed by atoms with E-state index in [1.54, 1.807) is 6.07 Å². The van der Waals surface area contributed by atoms with E-state index in [4.69, 9.17) is 4.98 Å². The number of aromatic nitrogens is 2. The molecule has 0 amide bonds. The lowest BCUT2D eigenvalue weighted by Crippen LogP contribution is -2.24. The van der Waals surface area contributed by atoms with Crippen molar-refractivity contribution in [3.8, 4) is 11.6 Å². The van der Waals surface area contributed by atoms with Crippen LogP contribution in [0.4, 0.5) is 0 Å². The minimum absolute atomic E-state index is 0.0415. The van der Waals surface area contributed by atoms with Crippen LogP contribution in [0.1, 0.15) is 36.8 Å². The summed E-state index contributed by atoms with van der Waals surface area (Å²) in [6, 6.07) is 29.3. The van der Waals surface area contributed by atoms with Crippen molar-refractivity contribution in [1.82, 2.24) is 9.55 Å². The van der Waals surface area contributed by atoms with Crippen LogP contribution in [-0.2, 0) is 5.41 Å². The quantitative estimate of drug-likeness (QED) is 0.361. The fourth-order valence-electron chi connectivity index (χ4n) is 5.52. The molecule has 1 aliphatic rings. The number of phenols is 1. The van der Waals surface area contributed by atoms with Crippen LogP contribution in [0, 0.1) is 0 Å². The fourth-order valence-corrected chi connectivity index (χ4v) is 5.52. The molecule has 0 atom stereocenters. The molecule has 1 fully saturated rings. The number of rotatable bonds is 3. The zero-order valence-corrected chi connectivity index (χ0v) is 17.3. The third kappa shape index (κ3) is 2.77. The largest absolute Gasteiger partial charge is 0.508 e. The van der Waals surface area contributed by atoms with Gasteiger partial charge in [-0.3, -0.25) is 4.57 Å². The van der Waals surface area contributed by atoms with Crippen LogP contribution < -0.4 is 0 Å². The number of benzene rings is 3. The molecule has 6 rings (SSSR count). The second-order valence-electron chi connectivity index (χ2n) is 8.61. The monoisotopic (exact) mass is 404 g/mol. The van der Waals surface area contributed by atoms with Crippen molar-refractivity contribution in [1.29, 1.82) is 0 Å². The highest BCUT2D eigenvalue weighted by Crippen LogP contribution is 2.46. The van der Waals surface area contributed by atoms with Gasteiger partial charge in [0.2, 0.25) is 0 Å². The third-order valence-corrected chi connectivity index (χ3v) is 6.97. The van der Waals surface area contributed by atoms with Crippen molar-refractivity contribution < 1.29 is 5.11 Å². The highest BCUT2D eigenvalue weighted by atomic mass is 16.3. The Morgan fingerprint density at radius 1 is 0.710 bits per heavy atom. The van der Waals surface area contributed by atoms with Gasteiger partial charge in [0.05, 0.1) is 11.0 Å². The van der Waals surface area contributed by atoms with Gasteiger partial charge in [-0.25, -0.2) is 4.98 Å². The normalized spacial score (nSPS) is 15.6. The molecule has 0 bridgehead atoms. The van der Waals surface area contributed by atoms with E-state index >= 15 is 0 Å². The first kappa shape index (κ1) is 18.2. The van der Waals surface area contributed by atoms with Crippen LogP contribution in [0.3, 0.4) is 0 Å². The number of fused-ring (bicyclic) bond motifs is 3. The van der Waals surface area contributed by atoms with E-state index in [-0.39, 0.29) is 11.2 Å². The molecule has 3 nitrogen and oxygen atoms in total. The van der Waals surface area contributed by atoms with Crippen LogP contribution in [0.15, 0.2) is 91.1 Å². The summed E-state index contributed by atoms with van der Waals surface area (Å²) >= 11 is 0. The van der Waals surface area contributed by atoms with Gasteiger partial charge in [-0.15, -0.1) is 0 Å². The topological polar surface area (TPSA) is 38.0 Å². The van der Waals surface area contributed by atoms with Crippen LogP contribution in [0.5, 0.6) is 5.75 Å². The maximum atomic E-state index is 10.2. The third-order valence-electron chi connectivity index (χ3n) is 6.97. The summed E-state index contributed by atoms with van der Waals surface area (Å²) in [5.41, 5.74) is 4.84. The van der Waals surface area contributed by atoms with Gasteiger partial charge < -0.3 is 5.11 Å². The highest BCUT2D eigenvalue weighted by molar-refractivity contribution is 6.09. The zero-order chi connectivity index (χ0) is 20.8. The number of hydrogen-bond acceptors (Lipinski definition) is 2. The molecule has 0 saturated heterocycles. The molecule has 2 aromatic heterocycles. The summed E-state index contributed by atoms with van der Waals surface area (Å²) in [5, 5.41) is 12.5. The molecule has 0 unspecified atom stereocenters. The molecular weight excluding hydrogens is 380 g/mol. The van der Waals surface area contributed by atoms with Gasteiger partial charge in [0.15, 0.2) is 0 Å². The van der Waals surface area contributed by atoms with Gasteiger partial charge in [0.25, 0.3) is 0 Å². The Morgan fingerprint density at radius 2 is 1.45 bits per heavy atom. The number of pyridine rings is 1. The van der Waals surface area contributed by atoms with E-state index < -0.39 is 0 Å². The molecule has 1 N–H and O–H groups in total. The first-order valence-corrected chi connectivity index (χ1v) is 11.0. The van der Waals surface area contributed by atoms with Crippen molar-refractivity contribution in [2.24, 2.45) is 0 Å². The van der Waals surface area contributed by atoms with Crippen molar-refractivity contribution in [2.45, 2.75) is 31.1 Å². The highest BCUT2D eigenvalue weighted by Gasteiger charge is 2.37. The molecule has 0 aliphatic heterocycles. The summed E-state index contributed by atoms with van der Waals surface area (Å²) in [4.78, 5) is 4.79. The Balaban J connectivity index is 1.61. The SMILES string of the molecule is Oc1ccc2c3ccccc3n(-c3cc(C4(c5ccccc5)CCCC4)ccn3)c2c1. The van der Waals surface area contributed by atoms with Gasteiger partial charge in [-0.2, -0.15) is 0 Å². The molecule has 1 aliphatic carbocycles. The molecular formula is C28H24N2O. The molecule has 3 aromatic carbocycles. The zero-order valence-electron chi connectivity index (χ0n) is 17.3. The summed E-state index contributed by atoms with van der Waals surface area (Å²) in [5.74, 6) is 1.17. The Hall–Kier alpha value is -3.59. The number of hydrogen-bond donors (Lipinski definition) is 1. The van der Waals surface area contributed by atoms with Crippen LogP contribution in [0.2, 0.25) is 0 Å². The minimum Gasteiger partial charge on any atom is -0.508 e. The number of phenolic OH excluding ortho intramolecular Hbond substituents is 1. The Morgan fingerprint density at radius 3 is 2.29 bits per heavy atom. The van der Waals surface area contributed by atoms with E-state index in [0.717, 1.165) is 35.1 Å². The molecule has 2 heterocycles. The number of para-hydroxylation sites is 1. The van der Waals surface area contributed by atoms with E-state index in [2.05, 4.69) is 71.3 Å². The number of nitrogens with zero attached hydrogens (tertiary/aromatic N) is 2. The molecule has 0 spiro atoms. The van der Waals surface area contributed by atoms with Gasteiger partial charge in [0.1, 0.15) is 11.6 Å². The predicted octanol–water partition coefficient (Wildman–Crippen LogP) is 6.74. The first-order chi connectivity index (χ1) is 15.3. The standard InChI is InChI=1S/C28H24N2O/c31-22-12-13-24-23-10-4-5-11-25(23)30(26(24)19-22)27-18-21(14-17-29-27)28(15-6-7-16-28)20-8-2-1-3-9-20/h1-5,8-14,17-19,31H,6-7,15-16H2. The second kappa shape index (κ2) is 6.98. The smallest absolute Gasteiger partial charge is 0.137 e. The van der Waals surface area contributed by atoms with Crippen molar-refractivity contribution in [3.63, 3.8) is 0 Å². The summed E-state index contributed by atoms with van der Waals surface area (Å²) < 4.78 is 2.18. The Bertz CT molecular complexity index is 1400. The lowest BCUT2D eigenvalue weighted by molar-refractivity contribution is 0.476. The van der Waals surface area contributed by atoms with Gasteiger partial charge >= 0.3 is 0 Å². The summed E-state index contributed by atoms with van der Waals surface area (Å²) in [7, 11) is 0. The van der Waals surface area contributed by atoms with E-state index in [1.165, 1.54) is 29.4 Å². The van der Waals surface area contributed by atoms with Gasteiger partial charge in [-0.1, -0.05) is 61.4 Å². The lowest BCUT2D eigenvalue weighted by Gasteiger charge is -2.31. The maximum Gasteiger partial charge on any atom is 0.137 e. The Kier molecular flexibility index (Phi) is 4.10. The van der Waals surface area contributed by atoms with Crippen molar-refractivity contribution >= 4 is 21.8 Å². The predicted molar refractivity (Wildman–Crippen MR) is 126 cm³/mol. The van der Waals surface area contributed by atoms with E-state index in [1.807, 2.05) is 18.3 Å². The molecule has 152 valence electrons. The molecule has 3 heteroatoms.